The van der Waals surface area contributed by atoms with Gasteiger partial charge in [0.15, 0.2) is 0 Å². The van der Waals surface area contributed by atoms with Gasteiger partial charge in [0, 0.05) is 37.8 Å². The lowest BCUT2D eigenvalue weighted by Crippen LogP contribution is -2.47. The number of fused-ring (bicyclic) bond motifs is 1. The minimum Gasteiger partial charge on any atom is -0.395 e. The normalized spacial score (nSPS) is 33.8. The van der Waals surface area contributed by atoms with Gasteiger partial charge in [-0.1, -0.05) is 30.3 Å². The molecule has 3 saturated heterocycles. The third-order valence-corrected chi connectivity index (χ3v) is 7.13. The SMILES string of the molecule is CC(C)N1CCC([C@H]2N[C@@H](CO)[C@H]3CN(Cc4ccccc4)C[C@H]32)CC1. The number of hydrogen-bond acceptors (Lipinski definition) is 4. The van der Waals surface area contributed by atoms with E-state index in [4.69, 9.17) is 0 Å². The van der Waals surface area contributed by atoms with E-state index in [0.29, 0.717) is 23.9 Å². The molecule has 0 saturated carbocycles. The zero-order chi connectivity index (χ0) is 18.1. The highest BCUT2D eigenvalue weighted by Crippen LogP contribution is 2.40. The molecule has 4 nitrogen and oxygen atoms in total. The zero-order valence-corrected chi connectivity index (χ0v) is 16.3. The smallest absolute Gasteiger partial charge is 0.0588 e. The number of piperidine rings is 1. The van der Waals surface area contributed by atoms with E-state index in [-0.39, 0.29) is 12.6 Å². The highest BCUT2D eigenvalue weighted by Gasteiger charge is 2.50. The number of aliphatic hydroxyl groups is 1. The second-order valence-corrected chi connectivity index (χ2v) is 8.96. The zero-order valence-electron chi connectivity index (χ0n) is 16.3. The van der Waals surface area contributed by atoms with Crippen LogP contribution in [0.3, 0.4) is 0 Å². The number of nitrogens with one attached hydrogen (secondary N) is 1. The van der Waals surface area contributed by atoms with Crippen LogP contribution in [0.5, 0.6) is 0 Å². The summed E-state index contributed by atoms with van der Waals surface area (Å²) in [6.45, 7) is 10.7. The van der Waals surface area contributed by atoms with Gasteiger partial charge >= 0.3 is 0 Å². The summed E-state index contributed by atoms with van der Waals surface area (Å²) in [5.41, 5.74) is 1.41. The Morgan fingerprint density at radius 2 is 1.77 bits per heavy atom. The van der Waals surface area contributed by atoms with Crippen LogP contribution in [0.1, 0.15) is 32.3 Å². The molecule has 0 radical (unpaired) electrons. The Balaban J connectivity index is 1.40. The summed E-state index contributed by atoms with van der Waals surface area (Å²) in [4.78, 5) is 5.23. The summed E-state index contributed by atoms with van der Waals surface area (Å²) < 4.78 is 0. The van der Waals surface area contributed by atoms with Crippen LogP contribution < -0.4 is 5.32 Å². The molecule has 0 aromatic heterocycles. The van der Waals surface area contributed by atoms with Gasteiger partial charge in [-0.05, 0) is 63.1 Å². The molecule has 4 atom stereocenters. The fourth-order valence-corrected chi connectivity index (χ4v) is 5.68. The Morgan fingerprint density at radius 3 is 2.42 bits per heavy atom. The van der Waals surface area contributed by atoms with Crippen molar-refractivity contribution in [3.63, 3.8) is 0 Å². The molecule has 3 aliphatic rings. The molecule has 2 N–H and O–H groups in total. The van der Waals surface area contributed by atoms with Crippen molar-refractivity contribution in [3.8, 4) is 0 Å². The van der Waals surface area contributed by atoms with E-state index >= 15 is 0 Å². The first-order valence-corrected chi connectivity index (χ1v) is 10.5. The van der Waals surface area contributed by atoms with Crippen molar-refractivity contribution in [1.82, 2.24) is 15.1 Å². The molecule has 0 aliphatic carbocycles. The van der Waals surface area contributed by atoms with Gasteiger partial charge in [-0.15, -0.1) is 0 Å². The first kappa shape index (κ1) is 18.4. The Kier molecular flexibility index (Phi) is 5.65. The molecule has 1 aromatic rings. The molecular weight excluding hydrogens is 322 g/mol. The predicted molar refractivity (Wildman–Crippen MR) is 106 cm³/mol. The van der Waals surface area contributed by atoms with Crippen molar-refractivity contribution in [3.05, 3.63) is 35.9 Å². The quantitative estimate of drug-likeness (QED) is 0.847. The molecule has 26 heavy (non-hydrogen) atoms. The van der Waals surface area contributed by atoms with Gasteiger partial charge in [-0.25, -0.2) is 0 Å². The van der Waals surface area contributed by atoms with E-state index in [1.54, 1.807) is 0 Å². The second-order valence-electron chi connectivity index (χ2n) is 8.96. The van der Waals surface area contributed by atoms with Gasteiger partial charge in [0.1, 0.15) is 0 Å². The summed E-state index contributed by atoms with van der Waals surface area (Å²) >= 11 is 0. The molecule has 0 bridgehead atoms. The average molecular weight is 358 g/mol. The Labute approximate surface area is 158 Å². The number of aliphatic hydroxyl groups excluding tert-OH is 1. The lowest BCUT2D eigenvalue weighted by atomic mass is 9.80. The molecule has 0 amide bonds. The molecule has 3 fully saturated rings. The second kappa shape index (κ2) is 7.97. The molecule has 4 heteroatoms. The van der Waals surface area contributed by atoms with Crippen LogP contribution in [0.4, 0.5) is 0 Å². The largest absolute Gasteiger partial charge is 0.395 e. The molecule has 4 rings (SSSR count). The summed E-state index contributed by atoms with van der Waals surface area (Å²) in [5.74, 6) is 2.08. The molecule has 3 aliphatic heterocycles. The predicted octanol–water partition coefficient (Wildman–Crippen LogP) is 2.19. The minimum atomic E-state index is 0.279. The van der Waals surface area contributed by atoms with Crippen molar-refractivity contribution in [2.75, 3.05) is 32.8 Å². The number of hydrogen-bond donors (Lipinski definition) is 2. The monoisotopic (exact) mass is 357 g/mol. The van der Waals surface area contributed by atoms with E-state index in [1.807, 2.05) is 0 Å². The highest BCUT2D eigenvalue weighted by atomic mass is 16.3. The molecular formula is C22H35N3O. The van der Waals surface area contributed by atoms with Crippen molar-refractivity contribution in [2.45, 2.75) is 51.4 Å². The summed E-state index contributed by atoms with van der Waals surface area (Å²) in [6.07, 6.45) is 2.60. The van der Waals surface area contributed by atoms with Crippen molar-refractivity contribution >= 4 is 0 Å². The molecule has 0 spiro atoms. The molecule has 0 unspecified atom stereocenters. The summed E-state index contributed by atoms with van der Waals surface area (Å²) in [7, 11) is 0. The summed E-state index contributed by atoms with van der Waals surface area (Å²) in [6, 6.07) is 12.4. The maximum Gasteiger partial charge on any atom is 0.0588 e. The number of likely N-dealkylation sites (tertiary alicyclic amines) is 2. The van der Waals surface area contributed by atoms with Gasteiger partial charge in [0.2, 0.25) is 0 Å². The lowest BCUT2D eigenvalue weighted by Gasteiger charge is -2.38. The molecule has 144 valence electrons. The standard InChI is InChI=1S/C22H35N3O/c1-16(2)25-10-8-18(9-11-25)22-20-14-24(12-17-6-4-3-5-7-17)13-19(20)21(15-26)23-22/h3-7,16,18-23,26H,8-15H2,1-2H3/t19-,20+,21-,22+/m0/s1. The van der Waals surface area contributed by atoms with Crippen molar-refractivity contribution in [2.24, 2.45) is 17.8 Å². The first-order valence-electron chi connectivity index (χ1n) is 10.5. The number of nitrogens with zero attached hydrogens (tertiary/aromatic N) is 2. The molecule has 3 heterocycles. The maximum atomic E-state index is 9.93. The van der Waals surface area contributed by atoms with Crippen molar-refractivity contribution in [1.29, 1.82) is 0 Å². The van der Waals surface area contributed by atoms with Crippen LogP contribution >= 0.6 is 0 Å². The van der Waals surface area contributed by atoms with E-state index in [1.165, 1.54) is 38.0 Å². The third kappa shape index (κ3) is 3.70. The van der Waals surface area contributed by atoms with Crippen LogP contribution in [-0.2, 0) is 6.54 Å². The van der Waals surface area contributed by atoms with Crippen LogP contribution in [-0.4, -0.2) is 65.8 Å². The van der Waals surface area contributed by atoms with Gasteiger partial charge in [-0.2, -0.15) is 0 Å². The van der Waals surface area contributed by atoms with Crippen molar-refractivity contribution < 1.29 is 5.11 Å². The van der Waals surface area contributed by atoms with Crippen LogP contribution in [0.2, 0.25) is 0 Å². The molecule has 1 aromatic carbocycles. The van der Waals surface area contributed by atoms with E-state index in [0.717, 1.165) is 19.0 Å². The van der Waals surface area contributed by atoms with Gasteiger partial charge in [-0.3, -0.25) is 4.90 Å². The van der Waals surface area contributed by atoms with Crippen LogP contribution in [0, 0.1) is 17.8 Å². The third-order valence-electron chi connectivity index (χ3n) is 7.13. The number of benzene rings is 1. The summed E-state index contributed by atoms with van der Waals surface area (Å²) in [5, 5.41) is 13.8. The topological polar surface area (TPSA) is 38.7 Å². The average Bonchev–Trinajstić information content (AvgIpc) is 3.21. The highest BCUT2D eigenvalue weighted by molar-refractivity contribution is 5.15. The van der Waals surface area contributed by atoms with Gasteiger partial charge < -0.3 is 15.3 Å². The Bertz CT molecular complexity index is 570. The van der Waals surface area contributed by atoms with Gasteiger partial charge in [0.25, 0.3) is 0 Å². The Morgan fingerprint density at radius 1 is 1.08 bits per heavy atom. The van der Waals surface area contributed by atoms with Gasteiger partial charge in [0.05, 0.1) is 6.61 Å². The Hall–Kier alpha value is -0.940. The minimum absolute atomic E-state index is 0.279. The van der Waals surface area contributed by atoms with E-state index in [9.17, 15) is 5.11 Å². The van der Waals surface area contributed by atoms with E-state index < -0.39 is 0 Å². The van der Waals surface area contributed by atoms with Crippen LogP contribution in [0.25, 0.3) is 0 Å². The lowest BCUT2D eigenvalue weighted by molar-refractivity contribution is 0.119. The van der Waals surface area contributed by atoms with E-state index in [2.05, 4.69) is 59.3 Å². The van der Waals surface area contributed by atoms with Crippen LogP contribution in [0.15, 0.2) is 30.3 Å². The fourth-order valence-electron chi connectivity index (χ4n) is 5.68. The first-order chi connectivity index (χ1) is 12.7. The number of rotatable bonds is 5. The fraction of sp³-hybridized carbons (Fsp3) is 0.727. The maximum absolute atomic E-state index is 9.93.